The van der Waals surface area contributed by atoms with Crippen LogP contribution in [0.5, 0.6) is 0 Å². The molecule has 7 heteroatoms. The predicted octanol–water partition coefficient (Wildman–Crippen LogP) is 2.60. The molecule has 2 rings (SSSR count). The number of rotatable bonds is 2. The summed E-state index contributed by atoms with van der Waals surface area (Å²) in [7, 11) is 0. The topological polar surface area (TPSA) is 55.7 Å². The smallest absolute Gasteiger partial charge is 0.355 e. The van der Waals surface area contributed by atoms with Crippen molar-refractivity contribution >= 4 is 5.69 Å². The number of hydrogen-bond acceptors (Lipinski definition) is 3. The molecule has 86 valence electrons. The lowest BCUT2D eigenvalue weighted by molar-refractivity contribution is -0.384. The number of benzene rings is 1. The summed E-state index contributed by atoms with van der Waals surface area (Å²) in [6, 6.07) is 4.86. The molecule has 1 aliphatic heterocycles. The fourth-order valence-corrected chi connectivity index (χ4v) is 1.40. The SMILES string of the molecule is O=[N+]([O-])c1ccc([C@H]2O[C@H]2C(F)(F)F)cc1. The first-order valence-corrected chi connectivity index (χ1v) is 4.36. The van der Waals surface area contributed by atoms with Gasteiger partial charge < -0.3 is 4.74 Å². The van der Waals surface area contributed by atoms with Crippen LogP contribution in [0.1, 0.15) is 11.7 Å². The van der Waals surface area contributed by atoms with E-state index < -0.39 is 23.3 Å². The maximum Gasteiger partial charge on any atom is 0.417 e. The number of non-ortho nitro benzene ring substituents is 1. The molecule has 0 N–H and O–H groups in total. The Morgan fingerprint density at radius 2 is 1.81 bits per heavy atom. The largest absolute Gasteiger partial charge is 0.417 e. The minimum Gasteiger partial charge on any atom is -0.355 e. The van der Waals surface area contributed by atoms with Crippen molar-refractivity contribution < 1.29 is 22.8 Å². The molecule has 2 atom stereocenters. The molecule has 1 heterocycles. The molecule has 0 spiro atoms. The molecule has 1 aromatic carbocycles. The summed E-state index contributed by atoms with van der Waals surface area (Å²) >= 11 is 0. The first-order valence-electron chi connectivity index (χ1n) is 4.36. The highest BCUT2D eigenvalue weighted by Crippen LogP contribution is 2.48. The van der Waals surface area contributed by atoms with Crippen molar-refractivity contribution in [3.05, 3.63) is 39.9 Å². The molecule has 0 amide bonds. The zero-order valence-corrected chi connectivity index (χ0v) is 7.77. The van der Waals surface area contributed by atoms with E-state index in [9.17, 15) is 23.3 Å². The first-order chi connectivity index (χ1) is 7.39. The second-order valence-corrected chi connectivity index (χ2v) is 3.37. The Morgan fingerprint density at radius 1 is 1.25 bits per heavy atom. The van der Waals surface area contributed by atoms with E-state index in [1.165, 1.54) is 12.1 Å². The Hall–Kier alpha value is -1.63. The zero-order chi connectivity index (χ0) is 11.9. The molecule has 0 aromatic heterocycles. The quantitative estimate of drug-likeness (QED) is 0.448. The van der Waals surface area contributed by atoms with E-state index >= 15 is 0 Å². The van der Waals surface area contributed by atoms with E-state index in [1.807, 2.05) is 0 Å². The lowest BCUT2D eigenvalue weighted by atomic mass is 10.1. The highest BCUT2D eigenvalue weighted by molar-refractivity contribution is 5.35. The molecule has 0 bridgehead atoms. The van der Waals surface area contributed by atoms with Crippen molar-refractivity contribution in [1.29, 1.82) is 0 Å². The van der Waals surface area contributed by atoms with Gasteiger partial charge in [-0.15, -0.1) is 0 Å². The van der Waals surface area contributed by atoms with Gasteiger partial charge in [-0.05, 0) is 17.7 Å². The van der Waals surface area contributed by atoms with E-state index in [1.54, 1.807) is 0 Å². The summed E-state index contributed by atoms with van der Waals surface area (Å²) in [4.78, 5) is 9.70. The van der Waals surface area contributed by atoms with Crippen LogP contribution in [-0.2, 0) is 4.74 Å². The van der Waals surface area contributed by atoms with Gasteiger partial charge in [0, 0.05) is 12.1 Å². The number of ether oxygens (including phenoxy) is 1. The minimum atomic E-state index is -4.38. The summed E-state index contributed by atoms with van der Waals surface area (Å²) < 4.78 is 40.9. The number of alkyl halides is 3. The third-order valence-electron chi connectivity index (χ3n) is 2.25. The maximum atomic E-state index is 12.2. The van der Waals surface area contributed by atoms with Gasteiger partial charge in [-0.1, -0.05) is 0 Å². The van der Waals surface area contributed by atoms with Gasteiger partial charge in [-0.2, -0.15) is 13.2 Å². The highest BCUT2D eigenvalue weighted by Gasteiger charge is 2.58. The van der Waals surface area contributed by atoms with Gasteiger partial charge in [-0.25, -0.2) is 0 Å². The highest BCUT2D eigenvalue weighted by atomic mass is 19.4. The van der Waals surface area contributed by atoms with Crippen LogP contribution in [-0.4, -0.2) is 17.2 Å². The Labute approximate surface area is 87.8 Å². The number of hydrogen-bond donors (Lipinski definition) is 0. The van der Waals surface area contributed by atoms with Crippen molar-refractivity contribution in [3.63, 3.8) is 0 Å². The van der Waals surface area contributed by atoms with E-state index in [2.05, 4.69) is 4.74 Å². The maximum absolute atomic E-state index is 12.2. The van der Waals surface area contributed by atoms with Crippen molar-refractivity contribution in [2.75, 3.05) is 0 Å². The first kappa shape index (κ1) is 10.9. The molecule has 0 unspecified atom stereocenters. The third-order valence-corrected chi connectivity index (χ3v) is 2.25. The van der Waals surface area contributed by atoms with E-state index in [-0.39, 0.29) is 5.69 Å². The Morgan fingerprint density at radius 3 is 2.19 bits per heavy atom. The average Bonchev–Trinajstić information content (AvgIpc) is 2.96. The molecule has 4 nitrogen and oxygen atoms in total. The van der Waals surface area contributed by atoms with Gasteiger partial charge in [-0.3, -0.25) is 10.1 Å². The molecule has 1 aliphatic rings. The van der Waals surface area contributed by atoms with Crippen molar-refractivity contribution in [3.8, 4) is 0 Å². The van der Waals surface area contributed by atoms with Crippen LogP contribution in [0, 0.1) is 10.1 Å². The number of halogens is 3. The van der Waals surface area contributed by atoms with Crippen molar-refractivity contribution in [2.24, 2.45) is 0 Å². The Bertz CT molecular complexity index is 415. The van der Waals surface area contributed by atoms with Crippen molar-refractivity contribution in [2.45, 2.75) is 18.4 Å². The molecular weight excluding hydrogens is 227 g/mol. The van der Waals surface area contributed by atoms with Crippen LogP contribution in [0.15, 0.2) is 24.3 Å². The Balaban J connectivity index is 2.11. The molecular formula is C9H6F3NO3. The normalized spacial score (nSPS) is 24.2. The lowest BCUT2D eigenvalue weighted by Crippen LogP contribution is -2.16. The van der Waals surface area contributed by atoms with E-state index in [0.29, 0.717) is 5.56 Å². The van der Waals surface area contributed by atoms with Gasteiger partial charge in [0.25, 0.3) is 5.69 Å². The molecule has 0 aliphatic carbocycles. The predicted molar refractivity (Wildman–Crippen MR) is 46.8 cm³/mol. The van der Waals surface area contributed by atoms with Crippen LogP contribution < -0.4 is 0 Å². The fraction of sp³-hybridized carbons (Fsp3) is 0.333. The summed E-state index contributed by atoms with van der Waals surface area (Å²) in [5, 5.41) is 10.3. The standard InChI is InChI=1S/C9H6F3NO3/c10-9(11,12)8-7(16-8)5-1-3-6(4-2-5)13(14)15/h1-4,7-8H/t7-,8-/m1/s1. The van der Waals surface area contributed by atoms with Gasteiger partial charge in [0.15, 0.2) is 6.10 Å². The van der Waals surface area contributed by atoms with Gasteiger partial charge >= 0.3 is 6.18 Å². The molecule has 16 heavy (non-hydrogen) atoms. The Kier molecular flexibility index (Phi) is 2.34. The summed E-state index contributed by atoms with van der Waals surface area (Å²) in [6.07, 6.45) is -7.19. The molecule has 1 fully saturated rings. The molecule has 0 radical (unpaired) electrons. The fourth-order valence-electron chi connectivity index (χ4n) is 1.40. The van der Waals surface area contributed by atoms with Crippen LogP contribution in [0.4, 0.5) is 18.9 Å². The second-order valence-electron chi connectivity index (χ2n) is 3.37. The van der Waals surface area contributed by atoms with Crippen LogP contribution >= 0.6 is 0 Å². The van der Waals surface area contributed by atoms with Crippen LogP contribution in [0.3, 0.4) is 0 Å². The number of nitro groups is 1. The summed E-state index contributed by atoms with van der Waals surface area (Å²) in [5.74, 6) is 0. The number of nitrogens with zero attached hydrogens (tertiary/aromatic N) is 1. The third kappa shape index (κ3) is 1.99. The monoisotopic (exact) mass is 233 g/mol. The average molecular weight is 233 g/mol. The molecule has 0 saturated carbocycles. The zero-order valence-electron chi connectivity index (χ0n) is 7.77. The van der Waals surface area contributed by atoms with E-state index in [4.69, 9.17) is 0 Å². The molecule has 1 aromatic rings. The van der Waals surface area contributed by atoms with Crippen LogP contribution in [0.2, 0.25) is 0 Å². The molecule has 1 saturated heterocycles. The second kappa shape index (κ2) is 3.44. The van der Waals surface area contributed by atoms with Crippen LogP contribution in [0.25, 0.3) is 0 Å². The van der Waals surface area contributed by atoms with Crippen molar-refractivity contribution in [1.82, 2.24) is 0 Å². The van der Waals surface area contributed by atoms with E-state index in [0.717, 1.165) is 12.1 Å². The number of nitro benzene ring substituents is 1. The van der Waals surface area contributed by atoms with Gasteiger partial charge in [0.05, 0.1) is 4.92 Å². The number of epoxide rings is 1. The van der Waals surface area contributed by atoms with Gasteiger partial charge in [0.2, 0.25) is 0 Å². The minimum absolute atomic E-state index is 0.159. The summed E-state index contributed by atoms with van der Waals surface area (Å²) in [6.45, 7) is 0. The summed E-state index contributed by atoms with van der Waals surface area (Å²) in [5.41, 5.74) is 0.140. The van der Waals surface area contributed by atoms with Gasteiger partial charge in [0.1, 0.15) is 6.10 Å². The lowest BCUT2D eigenvalue weighted by Gasteiger charge is -2.00.